The van der Waals surface area contributed by atoms with Gasteiger partial charge in [-0.05, 0) is 36.4 Å². The zero-order chi connectivity index (χ0) is 13.8. The van der Waals surface area contributed by atoms with Crippen molar-refractivity contribution >= 4 is 27.6 Å². The first-order valence-electron chi connectivity index (χ1n) is 5.53. The monoisotopic (exact) mass is 288 g/mol. The molecular formula is C12H16O4S2. The molecule has 1 N–H and O–H groups in total. The zero-order valence-electron chi connectivity index (χ0n) is 10.3. The number of carboxylic acids is 1. The fourth-order valence-corrected chi connectivity index (χ4v) is 4.01. The molecule has 0 radical (unpaired) electrons. The number of hydrogen-bond acceptors (Lipinski definition) is 4. The highest BCUT2D eigenvalue weighted by atomic mass is 32.2. The summed E-state index contributed by atoms with van der Waals surface area (Å²) >= 11 is 1.57. The van der Waals surface area contributed by atoms with Gasteiger partial charge in [0.15, 0.2) is 9.84 Å². The van der Waals surface area contributed by atoms with E-state index < -0.39 is 15.8 Å². The highest BCUT2D eigenvalue weighted by Crippen LogP contribution is 2.17. The molecule has 0 aliphatic carbocycles. The van der Waals surface area contributed by atoms with Crippen LogP contribution in [0.2, 0.25) is 0 Å². The number of sulfone groups is 1. The number of carboxylic acid groups (broad SMARTS) is 1. The Kier molecular flexibility index (Phi) is 5.22. The largest absolute Gasteiger partial charge is 0.478 e. The van der Waals surface area contributed by atoms with Gasteiger partial charge in [-0.2, -0.15) is 11.8 Å². The Morgan fingerprint density at radius 1 is 1.39 bits per heavy atom. The van der Waals surface area contributed by atoms with Crippen LogP contribution >= 0.6 is 11.8 Å². The van der Waals surface area contributed by atoms with E-state index in [2.05, 4.69) is 0 Å². The Balaban J connectivity index is 2.97. The number of benzene rings is 1. The smallest absolute Gasteiger partial charge is 0.335 e. The Labute approximate surface area is 111 Å². The first-order chi connectivity index (χ1) is 8.38. The van der Waals surface area contributed by atoms with Crippen LogP contribution in [0.25, 0.3) is 0 Å². The van der Waals surface area contributed by atoms with E-state index in [1.54, 1.807) is 18.7 Å². The number of rotatable bonds is 6. The number of aryl methyl sites for hydroxylation is 1. The van der Waals surface area contributed by atoms with Crippen LogP contribution in [0.15, 0.2) is 23.1 Å². The highest BCUT2D eigenvalue weighted by molar-refractivity contribution is 8.00. The second-order valence-electron chi connectivity index (χ2n) is 3.80. The van der Waals surface area contributed by atoms with Crippen LogP contribution in [0.1, 0.15) is 22.8 Å². The lowest BCUT2D eigenvalue weighted by atomic mass is 10.1. The molecule has 0 aliphatic rings. The third-order valence-corrected chi connectivity index (χ3v) is 5.36. The van der Waals surface area contributed by atoms with Gasteiger partial charge >= 0.3 is 5.97 Å². The molecule has 0 aliphatic heterocycles. The van der Waals surface area contributed by atoms with Gasteiger partial charge in [-0.25, -0.2) is 13.2 Å². The lowest BCUT2D eigenvalue weighted by Gasteiger charge is -2.07. The molecule has 0 saturated carbocycles. The summed E-state index contributed by atoms with van der Waals surface area (Å²) in [5, 5.41) is 8.88. The highest BCUT2D eigenvalue weighted by Gasteiger charge is 2.16. The minimum Gasteiger partial charge on any atom is -0.478 e. The van der Waals surface area contributed by atoms with Gasteiger partial charge in [-0.1, -0.05) is 6.92 Å². The van der Waals surface area contributed by atoms with Crippen molar-refractivity contribution < 1.29 is 18.3 Å². The maximum Gasteiger partial charge on any atom is 0.335 e. The van der Waals surface area contributed by atoms with E-state index in [1.807, 2.05) is 6.92 Å². The van der Waals surface area contributed by atoms with Crippen LogP contribution in [0.4, 0.5) is 0 Å². The fraction of sp³-hybridized carbons (Fsp3) is 0.417. The Morgan fingerprint density at radius 3 is 2.56 bits per heavy atom. The topological polar surface area (TPSA) is 71.4 Å². The molecule has 0 heterocycles. The van der Waals surface area contributed by atoms with Crippen molar-refractivity contribution in [1.82, 2.24) is 0 Å². The van der Waals surface area contributed by atoms with Crippen LogP contribution in [0.5, 0.6) is 0 Å². The first-order valence-corrected chi connectivity index (χ1v) is 8.33. The quantitative estimate of drug-likeness (QED) is 0.813. The van der Waals surface area contributed by atoms with Gasteiger partial charge in [-0.15, -0.1) is 0 Å². The standard InChI is InChI=1S/C12H16O4S2/c1-3-17-6-7-18(15,16)10-4-5-11(12(13)14)9(2)8-10/h4-5,8H,3,6-7H2,1-2H3,(H,13,14). The van der Waals surface area contributed by atoms with Crippen molar-refractivity contribution in [3.05, 3.63) is 29.3 Å². The molecule has 0 aromatic heterocycles. The van der Waals surface area contributed by atoms with Gasteiger partial charge < -0.3 is 5.11 Å². The van der Waals surface area contributed by atoms with Crippen molar-refractivity contribution in [3.8, 4) is 0 Å². The maximum atomic E-state index is 12.0. The Morgan fingerprint density at radius 2 is 2.06 bits per heavy atom. The van der Waals surface area contributed by atoms with E-state index in [0.29, 0.717) is 11.3 Å². The van der Waals surface area contributed by atoms with E-state index in [9.17, 15) is 13.2 Å². The number of carbonyl (C=O) groups is 1. The Bertz CT molecular complexity index is 535. The minimum absolute atomic E-state index is 0.0807. The summed E-state index contributed by atoms with van der Waals surface area (Å²) in [4.78, 5) is 11.0. The third-order valence-electron chi connectivity index (χ3n) is 2.49. The summed E-state index contributed by atoms with van der Waals surface area (Å²) in [7, 11) is -3.31. The van der Waals surface area contributed by atoms with Crippen molar-refractivity contribution in [3.63, 3.8) is 0 Å². The van der Waals surface area contributed by atoms with Crippen LogP contribution in [0, 0.1) is 6.92 Å². The second-order valence-corrected chi connectivity index (χ2v) is 7.30. The van der Waals surface area contributed by atoms with Gasteiger partial charge in [0, 0.05) is 5.75 Å². The van der Waals surface area contributed by atoms with Gasteiger partial charge in [0.1, 0.15) is 0 Å². The predicted molar refractivity (Wildman–Crippen MR) is 73.2 cm³/mol. The van der Waals surface area contributed by atoms with E-state index in [-0.39, 0.29) is 16.2 Å². The molecule has 0 fully saturated rings. The SMILES string of the molecule is CCSCCS(=O)(=O)c1ccc(C(=O)O)c(C)c1. The Hall–Kier alpha value is -1.01. The summed E-state index contributed by atoms with van der Waals surface area (Å²) in [5.74, 6) is 0.473. The lowest BCUT2D eigenvalue weighted by Crippen LogP contribution is -2.10. The molecule has 0 saturated heterocycles. The molecular weight excluding hydrogens is 272 g/mol. The summed E-state index contributed by atoms with van der Waals surface area (Å²) in [5.41, 5.74) is 0.601. The number of hydrogen-bond donors (Lipinski definition) is 1. The molecule has 1 aromatic carbocycles. The molecule has 0 unspecified atom stereocenters. The van der Waals surface area contributed by atoms with Crippen LogP contribution in [-0.4, -0.2) is 36.8 Å². The molecule has 1 rings (SSSR count). The molecule has 0 bridgehead atoms. The molecule has 4 nitrogen and oxygen atoms in total. The average Bonchev–Trinajstić information content (AvgIpc) is 2.28. The average molecular weight is 288 g/mol. The first kappa shape index (κ1) is 15.0. The van der Waals surface area contributed by atoms with Gasteiger partial charge in [-0.3, -0.25) is 0 Å². The van der Waals surface area contributed by atoms with Gasteiger partial charge in [0.2, 0.25) is 0 Å². The summed E-state index contributed by atoms with van der Waals surface area (Å²) in [6.07, 6.45) is 0. The minimum atomic E-state index is -3.31. The summed E-state index contributed by atoms with van der Waals surface area (Å²) in [6, 6.07) is 4.13. The molecule has 0 amide bonds. The zero-order valence-corrected chi connectivity index (χ0v) is 12.0. The molecule has 18 heavy (non-hydrogen) atoms. The van der Waals surface area contributed by atoms with Crippen molar-refractivity contribution in [2.75, 3.05) is 17.3 Å². The van der Waals surface area contributed by atoms with E-state index in [1.165, 1.54) is 18.2 Å². The summed E-state index contributed by atoms with van der Waals surface area (Å²) in [6.45, 7) is 3.58. The number of thioether (sulfide) groups is 1. The van der Waals surface area contributed by atoms with Crippen molar-refractivity contribution in [1.29, 1.82) is 0 Å². The van der Waals surface area contributed by atoms with E-state index >= 15 is 0 Å². The molecule has 0 atom stereocenters. The molecule has 1 aromatic rings. The number of aromatic carboxylic acids is 1. The second kappa shape index (κ2) is 6.24. The summed E-state index contributed by atoms with van der Waals surface area (Å²) < 4.78 is 24.0. The predicted octanol–water partition coefficient (Wildman–Crippen LogP) is 2.22. The fourth-order valence-electron chi connectivity index (χ4n) is 1.50. The van der Waals surface area contributed by atoms with Crippen LogP contribution in [-0.2, 0) is 9.84 Å². The van der Waals surface area contributed by atoms with E-state index in [0.717, 1.165) is 5.75 Å². The molecule has 6 heteroatoms. The van der Waals surface area contributed by atoms with E-state index in [4.69, 9.17) is 5.11 Å². The lowest BCUT2D eigenvalue weighted by molar-refractivity contribution is 0.0696. The van der Waals surface area contributed by atoms with Crippen LogP contribution < -0.4 is 0 Å². The van der Waals surface area contributed by atoms with Gasteiger partial charge in [0.25, 0.3) is 0 Å². The molecule has 100 valence electrons. The third kappa shape index (κ3) is 3.74. The molecule has 0 spiro atoms. The normalized spacial score (nSPS) is 11.4. The van der Waals surface area contributed by atoms with Gasteiger partial charge in [0.05, 0.1) is 16.2 Å². The van der Waals surface area contributed by atoms with Crippen molar-refractivity contribution in [2.45, 2.75) is 18.7 Å². The van der Waals surface area contributed by atoms with Crippen molar-refractivity contribution in [2.24, 2.45) is 0 Å². The maximum absolute atomic E-state index is 12.0. The van der Waals surface area contributed by atoms with Crippen LogP contribution in [0.3, 0.4) is 0 Å².